The Balaban J connectivity index is 3.52. The van der Waals surface area contributed by atoms with Crippen molar-refractivity contribution in [1.29, 1.82) is 0 Å². The van der Waals surface area contributed by atoms with Crippen LogP contribution in [0.3, 0.4) is 0 Å². The summed E-state index contributed by atoms with van der Waals surface area (Å²) in [6.45, 7) is 4.22. The van der Waals surface area contributed by atoms with Gasteiger partial charge in [-0.25, -0.2) is 0 Å². The van der Waals surface area contributed by atoms with Gasteiger partial charge in [-0.3, -0.25) is 4.79 Å². The molecule has 1 amide bonds. The van der Waals surface area contributed by atoms with Crippen molar-refractivity contribution in [3.05, 3.63) is 122 Å². The Labute approximate surface area is 518 Å². The van der Waals surface area contributed by atoms with E-state index in [-0.39, 0.29) is 12.5 Å². The molecule has 0 aliphatic heterocycles. The second-order valence-corrected chi connectivity index (χ2v) is 24.3. The van der Waals surface area contributed by atoms with E-state index in [2.05, 4.69) is 129 Å². The lowest BCUT2D eigenvalue weighted by Crippen LogP contribution is -2.45. The molecule has 83 heavy (non-hydrogen) atoms. The number of aliphatic hydroxyl groups excluding tert-OH is 2. The molecular formula is C79H139NO3. The highest BCUT2D eigenvalue weighted by molar-refractivity contribution is 5.76. The molecule has 3 N–H and O–H groups in total. The number of nitrogens with one attached hydrogen (secondary N) is 1. The molecule has 0 saturated heterocycles. The average Bonchev–Trinajstić information content (AvgIpc) is 3.51. The summed E-state index contributed by atoms with van der Waals surface area (Å²) in [7, 11) is 0. The summed E-state index contributed by atoms with van der Waals surface area (Å²) < 4.78 is 0. The summed E-state index contributed by atoms with van der Waals surface area (Å²) >= 11 is 0. The van der Waals surface area contributed by atoms with Crippen LogP contribution in [0, 0.1) is 0 Å². The van der Waals surface area contributed by atoms with E-state index in [0.29, 0.717) is 6.42 Å². The minimum Gasteiger partial charge on any atom is -0.394 e. The zero-order valence-corrected chi connectivity index (χ0v) is 55.2. The molecule has 0 bridgehead atoms. The van der Waals surface area contributed by atoms with Gasteiger partial charge in [0.15, 0.2) is 0 Å². The van der Waals surface area contributed by atoms with E-state index >= 15 is 0 Å². The monoisotopic (exact) mass is 1150 g/mol. The van der Waals surface area contributed by atoms with E-state index in [0.717, 1.165) is 83.5 Å². The van der Waals surface area contributed by atoms with Gasteiger partial charge in [0.1, 0.15) is 0 Å². The number of amides is 1. The Bertz CT molecular complexity index is 1590. The van der Waals surface area contributed by atoms with Gasteiger partial charge in [0, 0.05) is 6.42 Å². The van der Waals surface area contributed by atoms with E-state index in [1.54, 1.807) is 6.08 Å². The highest BCUT2D eigenvalue weighted by Gasteiger charge is 2.18. The summed E-state index contributed by atoms with van der Waals surface area (Å²) in [5, 5.41) is 23.3. The number of carbonyl (C=O) groups excluding carboxylic acids is 1. The Hall–Kier alpha value is -3.21. The lowest BCUT2D eigenvalue weighted by Gasteiger charge is -2.20. The summed E-state index contributed by atoms with van der Waals surface area (Å²) in [6, 6.07) is -0.634. The first-order valence-corrected chi connectivity index (χ1v) is 36.2. The van der Waals surface area contributed by atoms with Crippen molar-refractivity contribution >= 4 is 5.91 Å². The maximum Gasteiger partial charge on any atom is 0.220 e. The zero-order valence-electron chi connectivity index (χ0n) is 55.2. The van der Waals surface area contributed by atoms with Crippen LogP contribution in [0.25, 0.3) is 0 Å². The molecule has 0 fully saturated rings. The van der Waals surface area contributed by atoms with E-state index in [1.165, 1.54) is 250 Å². The van der Waals surface area contributed by atoms with E-state index in [9.17, 15) is 15.0 Å². The molecule has 478 valence electrons. The third kappa shape index (κ3) is 69.5. The first-order chi connectivity index (χ1) is 41.2. The molecule has 4 nitrogen and oxygen atoms in total. The van der Waals surface area contributed by atoms with Crippen molar-refractivity contribution in [2.24, 2.45) is 0 Å². The van der Waals surface area contributed by atoms with Crippen molar-refractivity contribution in [1.82, 2.24) is 5.32 Å². The highest BCUT2D eigenvalue weighted by Crippen LogP contribution is 2.18. The van der Waals surface area contributed by atoms with Crippen LogP contribution in [-0.4, -0.2) is 34.9 Å². The van der Waals surface area contributed by atoms with Crippen LogP contribution in [0.4, 0.5) is 0 Å². The molecule has 4 heteroatoms. The molecule has 0 aromatic carbocycles. The first kappa shape index (κ1) is 79.8. The van der Waals surface area contributed by atoms with Gasteiger partial charge in [0.25, 0.3) is 0 Å². The van der Waals surface area contributed by atoms with Crippen molar-refractivity contribution in [2.75, 3.05) is 6.61 Å². The van der Waals surface area contributed by atoms with Crippen LogP contribution < -0.4 is 5.32 Å². The molecule has 0 aromatic heterocycles. The predicted molar refractivity (Wildman–Crippen MR) is 372 cm³/mol. The van der Waals surface area contributed by atoms with Crippen LogP contribution in [-0.2, 0) is 4.79 Å². The molecule has 0 rings (SSSR count). The van der Waals surface area contributed by atoms with Crippen LogP contribution in [0.5, 0.6) is 0 Å². The molecule has 2 unspecified atom stereocenters. The van der Waals surface area contributed by atoms with Gasteiger partial charge in [-0.05, 0) is 89.9 Å². The fraction of sp³-hybridized carbons (Fsp3) is 0.734. The molecular weight excluding hydrogens is 1010 g/mol. The molecule has 0 spiro atoms. The molecule has 0 aliphatic carbocycles. The van der Waals surface area contributed by atoms with Crippen LogP contribution in [0.2, 0.25) is 0 Å². The quantitative estimate of drug-likeness (QED) is 0.0420. The third-order valence-corrected chi connectivity index (χ3v) is 16.2. The predicted octanol–water partition coefficient (Wildman–Crippen LogP) is 25.1. The standard InChI is InChI=1S/C79H139NO3/c1-3-5-7-9-11-13-15-17-19-21-23-25-27-29-31-33-35-37-38-39-40-41-42-43-45-47-49-51-53-55-57-59-61-63-65-67-69-71-73-75-79(83)80-77(76-81)78(82)74-72-70-68-66-64-62-60-58-56-54-52-50-48-46-44-36-34-32-30-28-26-24-22-20-18-16-14-12-10-8-6-4-2/h5,7,11,13,17,19,23,25,29,31,35,37,39-40,42-43,47,49,72,74,77-78,81-82H,3-4,6,8-10,12,14-16,18,20-22,24,26-28,30,32-34,36,38,41,44-46,48,50-71,73,75-76H2,1-2H3,(H,80,83)/b7-5-,13-11-,19-17-,25-23-,31-29-,37-35-,40-39-,43-42-,49-47-,74-72+. The SMILES string of the molecule is CC/C=C\C/C=C\C/C=C\C/C=C\C/C=C\C/C=C\C/C=C\C/C=C\C/C=C\CCCCCCCCCCCCCC(=O)NC(CO)C(O)/C=C/CCCCCCCCCCCCCCCCCCCCCCCCCCCCCCCC. The minimum atomic E-state index is -0.850. The number of aliphatic hydroxyl groups is 2. The van der Waals surface area contributed by atoms with Gasteiger partial charge in [-0.2, -0.15) is 0 Å². The van der Waals surface area contributed by atoms with Crippen molar-refractivity contribution < 1.29 is 15.0 Å². The molecule has 0 radical (unpaired) electrons. The van der Waals surface area contributed by atoms with Crippen molar-refractivity contribution in [3.63, 3.8) is 0 Å². The van der Waals surface area contributed by atoms with Gasteiger partial charge in [-0.15, -0.1) is 0 Å². The lowest BCUT2D eigenvalue weighted by molar-refractivity contribution is -0.123. The molecule has 0 aromatic rings. The summed E-state index contributed by atoms with van der Waals surface area (Å²) in [6.07, 6.45) is 111. The Morgan fingerprint density at radius 1 is 0.301 bits per heavy atom. The number of allylic oxidation sites excluding steroid dienone is 19. The normalized spacial score (nSPS) is 13.4. The van der Waals surface area contributed by atoms with Crippen molar-refractivity contribution in [2.45, 2.75) is 366 Å². The summed E-state index contributed by atoms with van der Waals surface area (Å²) in [4.78, 5) is 12.6. The van der Waals surface area contributed by atoms with E-state index < -0.39 is 12.1 Å². The number of unbranched alkanes of at least 4 members (excludes halogenated alkanes) is 41. The number of rotatable bonds is 66. The maximum absolute atomic E-state index is 12.6. The van der Waals surface area contributed by atoms with Gasteiger partial charge in [0.2, 0.25) is 5.91 Å². The topological polar surface area (TPSA) is 69.6 Å². The molecule has 0 heterocycles. The molecule has 2 atom stereocenters. The highest BCUT2D eigenvalue weighted by atomic mass is 16.3. The number of carbonyl (C=O) groups is 1. The average molecular weight is 1150 g/mol. The Morgan fingerprint density at radius 2 is 0.530 bits per heavy atom. The van der Waals surface area contributed by atoms with Crippen molar-refractivity contribution in [3.8, 4) is 0 Å². The maximum atomic E-state index is 12.6. The second kappa shape index (κ2) is 73.0. The first-order valence-electron chi connectivity index (χ1n) is 36.2. The van der Waals surface area contributed by atoms with Gasteiger partial charge < -0.3 is 15.5 Å². The fourth-order valence-electron chi connectivity index (χ4n) is 10.8. The van der Waals surface area contributed by atoms with Gasteiger partial charge in [0.05, 0.1) is 18.8 Å². The summed E-state index contributed by atoms with van der Waals surface area (Å²) in [5.41, 5.74) is 0. The van der Waals surface area contributed by atoms with Crippen LogP contribution in [0.1, 0.15) is 354 Å². The van der Waals surface area contributed by atoms with Crippen LogP contribution >= 0.6 is 0 Å². The minimum absolute atomic E-state index is 0.0674. The van der Waals surface area contributed by atoms with E-state index in [1.807, 2.05) is 6.08 Å². The smallest absolute Gasteiger partial charge is 0.220 e. The lowest BCUT2D eigenvalue weighted by atomic mass is 10.0. The van der Waals surface area contributed by atoms with E-state index in [4.69, 9.17) is 0 Å². The van der Waals surface area contributed by atoms with Crippen LogP contribution in [0.15, 0.2) is 122 Å². The van der Waals surface area contributed by atoms with Gasteiger partial charge in [-0.1, -0.05) is 379 Å². The molecule has 0 aliphatic rings. The fourth-order valence-corrected chi connectivity index (χ4v) is 10.8. The summed E-state index contributed by atoms with van der Waals surface area (Å²) in [5.74, 6) is -0.0674. The number of hydrogen-bond donors (Lipinski definition) is 3. The third-order valence-electron chi connectivity index (χ3n) is 16.2. The Kier molecular flexibility index (Phi) is 70.2. The second-order valence-electron chi connectivity index (χ2n) is 24.3. The Morgan fingerprint density at radius 3 is 0.795 bits per heavy atom. The molecule has 0 saturated carbocycles. The largest absolute Gasteiger partial charge is 0.394 e. The number of hydrogen-bond acceptors (Lipinski definition) is 3. The van der Waals surface area contributed by atoms with Gasteiger partial charge >= 0.3 is 0 Å². The zero-order chi connectivity index (χ0) is 59.8.